The van der Waals surface area contributed by atoms with Gasteiger partial charge in [-0.15, -0.1) is 0 Å². The molecule has 62 valence electrons. The van der Waals surface area contributed by atoms with Crippen LogP contribution in [0.1, 0.15) is 19.8 Å². The molecular weight excluding hydrogens is 148 g/mol. The van der Waals surface area contributed by atoms with Crippen molar-refractivity contribution in [3.8, 4) is 0 Å². The van der Waals surface area contributed by atoms with E-state index in [-0.39, 0.29) is 6.42 Å². The van der Waals surface area contributed by atoms with E-state index in [2.05, 4.69) is 0 Å². The zero-order chi connectivity index (χ0) is 8.69. The average Bonchev–Trinajstić information content (AvgIpc) is 1.86. The van der Waals surface area contributed by atoms with Crippen molar-refractivity contribution in [3.63, 3.8) is 0 Å². The first kappa shape index (κ1) is 9.61. The highest BCUT2D eigenvalue weighted by Gasteiger charge is 2.02. The zero-order valence-electron chi connectivity index (χ0n) is 6.24. The first-order valence-corrected chi connectivity index (χ1v) is 3.25. The van der Waals surface area contributed by atoms with Crippen LogP contribution in [-0.2, 0) is 4.79 Å². The Balaban J connectivity index is 3.53. The molecule has 0 rings (SSSR count). The van der Waals surface area contributed by atoms with Crippen molar-refractivity contribution in [1.29, 1.82) is 0 Å². The van der Waals surface area contributed by atoms with Crippen LogP contribution in [0.5, 0.6) is 0 Å². The second-order valence-corrected chi connectivity index (χ2v) is 1.88. The van der Waals surface area contributed by atoms with Gasteiger partial charge in [0.25, 0.3) is 5.91 Å². The Bertz CT molecular complexity index is 177. The van der Waals surface area contributed by atoms with Crippen LogP contribution in [0, 0.1) is 10.1 Å². The summed E-state index contributed by atoms with van der Waals surface area (Å²) in [6.07, 6.45) is 4.26. The van der Waals surface area contributed by atoms with E-state index in [0.717, 1.165) is 6.42 Å². The minimum atomic E-state index is -0.859. The Hall–Kier alpha value is -1.39. The molecule has 0 aliphatic carbocycles. The Morgan fingerprint density at radius 3 is 2.73 bits per heavy atom. The Morgan fingerprint density at radius 2 is 2.27 bits per heavy atom. The molecule has 11 heavy (non-hydrogen) atoms. The van der Waals surface area contributed by atoms with Crippen LogP contribution in [0.4, 0.5) is 0 Å². The van der Waals surface area contributed by atoms with Gasteiger partial charge in [0.05, 0.1) is 6.42 Å². The quantitative estimate of drug-likeness (QED) is 0.371. The van der Waals surface area contributed by atoms with Gasteiger partial charge in [0.1, 0.15) is 0 Å². The van der Waals surface area contributed by atoms with Gasteiger partial charge in [-0.05, 0) is 6.42 Å². The maximum absolute atomic E-state index is 10.5. The number of allylic oxidation sites excluding steroid dienone is 1. The maximum atomic E-state index is 10.5. The highest BCUT2D eigenvalue weighted by atomic mass is 16.7. The molecule has 0 fully saturated rings. The highest BCUT2D eigenvalue weighted by Crippen LogP contribution is 1.85. The number of carbonyl (C=O) groups excluding carboxylic acids is 1. The molecule has 0 saturated heterocycles. The Labute approximate surface area is 64.2 Å². The summed E-state index contributed by atoms with van der Waals surface area (Å²) >= 11 is 0. The lowest BCUT2D eigenvalue weighted by atomic mass is 10.3. The summed E-state index contributed by atoms with van der Waals surface area (Å²) < 4.78 is 0. The van der Waals surface area contributed by atoms with Crippen LogP contribution in [0.2, 0.25) is 0 Å². The van der Waals surface area contributed by atoms with Crippen LogP contribution in [0.3, 0.4) is 0 Å². The van der Waals surface area contributed by atoms with Crippen molar-refractivity contribution in [1.82, 2.24) is 5.43 Å². The fourth-order valence-corrected chi connectivity index (χ4v) is 0.504. The van der Waals surface area contributed by atoms with E-state index in [0.29, 0.717) is 0 Å². The summed E-state index contributed by atoms with van der Waals surface area (Å²) in [5, 5.41) is 8.83. The molecule has 0 atom stereocenters. The number of hydrazine groups is 1. The SMILES string of the molecule is CCC=CCC(=O)N[N+](=O)[O-]. The van der Waals surface area contributed by atoms with Crippen molar-refractivity contribution in [2.75, 3.05) is 0 Å². The number of hydrogen-bond donors (Lipinski definition) is 1. The van der Waals surface area contributed by atoms with Crippen LogP contribution < -0.4 is 5.43 Å². The van der Waals surface area contributed by atoms with Crippen molar-refractivity contribution in [2.24, 2.45) is 0 Å². The smallest absolute Gasteiger partial charge is 0.269 e. The summed E-state index contributed by atoms with van der Waals surface area (Å²) in [5.41, 5.74) is 1.53. The number of amides is 1. The van der Waals surface area contributed by atoms with E-state index in [1.54, 1.807) is 12.2 Å². The third-order valence-electron chi connectivity index (χ3n) is 0.922. The minimum Gasteiger partial charge on any atom is -0.269 e. The van der Waals surface area contributed by atoms with Crippen molar-refractivity contribution in [3.05, 3.63) is 22.3 Å². The van der Waals surface area contributed by atoms with Crippen LogP contribution in [0.25, 0.3) is 0 Å². The molecule has 1 N–H and O–H groups in total. The second kappa shape index (κ2) is 5.40. The van der Waals surface area contributed by atoms with Gasteiger partial charge in [0, 0.05) is 0 Å². The summed E-state index contributed by atoms with van der Waals surface area (Å²) in [6, 6.07) is 0. The van der Waals surface area contributed by atoms with Gasteiger partial charge in [0.2, 0.25) is 0 Å². The molecule has 0 aliphatic heterocycles. The number of nitrogens with zero attached hydrogens (tertiary/aromatic N) is 1. The predicted molar refractivity (Wildman–Crippen MR) is 39.2 cm³/mol. The van der Waals surface area contributed by atoms with E-state index in [4.69, 9.17) is 0 Å². The van der Waals surface area contributed by atoms with Gasteiger partial charge in [-0.1, -0.05) is 24.5 Å². The average molecular weight is 158 g/mol. The van der Waals surface area contributed by atoms with Crippen molar-refractivity contribution < 1.29 is 9.83 Å². The van der Waals surface area contributed by atoms with E-state index in [9.17, 15) is 14.9 Å². The summed E-state index contributed by atoms with van der Waals surface area (Å²) in [4.78, 5) is 20.2. The summed E-state index contributed by atoms with van der Waals surface area (Å²) in [7, 11) is 0. The molecule has 5 heteroatoms. The second-order valence-electron chi connectivity index (χ2n) is 1.88. The van der Waals surface area contributed by atoms with Crippen molar-refractivity contribution in [2.45, 2.75) is 19.8 Å². The molecule has 0 aromatic heterocycles. The lowest BCUT2D eigenvalue weighted by Crippen LogP contribution is -2.28. The molecule has 0 aromatic rings. The predicted octanol–water partition coefficient (Wildman–Crippen LogP) is 0.651. The molecule has 0 radical (unpaired) electrons. The van der Waals surface area contributed by atoms with E-state index >= 15 is 0 Å². The van der Waals surface area contributed by atoms with Gasteiger partial charge in [-0.2, -0.15) is 0 Å². The van der Waals surface area contributed by atoms with Gasteiger partial charge in [-0.3, -0.25) is 4.79 Å². The molecule has 0 saturated carbocycles. The summed E-state index contributed by atoms with van der Waals surface area (Å²) in [6.45, 7) is 1.92. The first-order chi connectivity index (χ1) is 5.16. The molecule has 0 spiro atoms. The topological polar surface area (TPSA) is 72.2 Å². The fourth-order valence-electron chi connectivity index (χ4n) is 0.504. The summed E-state index contributed by atoms with van der Waals surface area (Å²) in [5.74, 6) is -0.597. The molecule has 0 heterocycles. The monoisotopic (exact) mass is 158 g/mol. The maximum Gasteiger partial charge on any atom is 0.284 e. The standard InChI is InChI=1S/C6H10N2O3/c1-2-3-4-5-6(9)7-8(10)11/h3-4H,2,5H2,1H3,(H,7,9). The van der Waals surface area contributed by atoms with Crippen LogP contribution >= 0.6 is 0 Å². The number of carbonyl (C=O) groups is 1. The largest absolute Gasteiger partial charge is 0.284 e. The number of nitro groups is 1. The normalized spacial score (nSPS) is 9.91. The van der Waals surface area contributed by atoms with E-state index in [1.807, 2.05) is 6.92 Å². The van der Waals surface area contributed by atoms with Gasteiger partial charge < -0.3 is 0 Å². The Kier molecular flexibility index (Phi) is 4.72. The highest BCUT2D eigenvalue weighted by molar-refractivity contribution is 5.76. The molecule has 5 nitrogen and oxygen atoms in total. The zero-order valence-corrected chi connectivity index (χ0v) is 6.24. The number of nitrogens with one attached hydrogen (secondary N) is 1. The first-order valence-electron chi connectivity index (χ1n) is 3.25. The third-order valence-corrected chi connectivity index (χ3v) is 0.922. The van der Waals surface area contributed by atoms with Crippen LogP contribution in [0.15, 0.2) is 12.2 Å². The van der Waals surface area contributed by atoms with Crippen LogP contribution in [-0.4, -0.2) is 10.9 Å². The van der Waals surface area contributed by atoms with Crippen molar-refractivity contribution >= 4 is 5.91 Å². The van der Waals surface area contributed by atoms with Gasteiger partial charge in [-0.25, -0.2) is 10.1 Å². The van der Waals surface area contributed by atoms with E-state index in [1.165, 1.54) is 5.43 Å². The number of rotatable bonds is 4. The number of hydrogen-bond acceptors (Lipinski definition) is 3. The van der Waals surface area contributed by atoms with E-state index < -0.39 is 10.9 Å². The lowest BCUT2D eigenvalue weighted by molar-refractivity contribution is -0.530. The molecular formula is C6H10N2O3. The molecule has 0 bridgehead atoms. The fraction of sp³-hybridized carbons (Fsp3) is 0.500. The van der Waals surface area contributed by atoms with Gasteiger partial charge in [0.15, 0.2) is 5.03 Å². The minimum absolute atomic E-state index is 0.0643. The molecule has 0 aromatic carbocycles. The molecule has 0 unspecified atom stereocenters. The van der Waals surface area contributed by atoms with Gasteiger partial charge >= 0.3 is 0 Å². The third kappa shape index (κ3) is 6.50. The molecule has 0 aliphatic rings. The lowest BCUT2D eigenvalue weighted by Gasteiger charge is -1.90. The molecule has 1 amide bonds. The Morgan fingerprint density at radius 1 is 1.64 bits per heavy atom.